The molecule has 0 bridgehead atoms. The Morgan fingerprint density at radius 1 is 1.04 bits per heavy atom. The smallest absolute Gasteiger partial charge is 0.303 e. The third-order valence-corrected chi connectivity index (χ3v) is 4.81. The Bertz CT molecular complexity index is 422. The lowest BCUT2D eigenvalue weighted by molar-refractivity contribution is -0.137. The summed E-state index contributed by atoms with van der Waals surface area (Å²) in [7, 11) is 1.70. The first-order chi connectivity index (χ1) is 13.6. The number of hydrogen-bond donors (Lipinski definition) is 3. The highest BCUT2D eigenvalue weighted by Gasteiger charge is 2.06. The van der Waals surface area contributed by atoms with E-state index in [2.05, 4.69) is 30.5 Å². The molecule has 1 unspecified atom stereocenters. The molecule has 0 heterocycles. The summed E-state index contributed by atoms with van der Waals surface area (Å²) in [6.45, 7) is 2.90. The van der Waals surface area contributed by atoms with Gasteiger partial charge in [-0.2, -0.15) is 0 Å². The molecule has 0 aromatic rings. The molecular weight excluding hydrogens is 352 g/mol. The lowest BCUT2D eigenvalue weighted by Gasteiger charge is -2.16. The number of hydrogen-bond acceptors (Lipinski definition) is 4. The number of allylic oxidation sites excluding steroid dienone is 4. The first-order valence-electron chi connectivity index (χ1n) is 11.2. The highest BCUT2D eigenvalue weighted by Crippen LogP contribution is 2.10. The minimum Gasteiger partial charge on any atom is -0.481 e. The first-order valence-corrected chi connectivity index (χ1v) is 11.2. The van der Waals surface area contributed by atoms with E-state index < -0.39 is 5.97 Å². The van der Waals surface area contributed by atoms with Crippen LogP contribution in [0.1, 0.15) is 96.8 Å². The van der Waals surface area contributed by atoms with E-state index in [-0.39, 0.29) is 12.6 Å². The lowest BCUT2D eigenvalue weighted by Crippen LogP contribution is -2.31. The average Bonchev–Trinajstić information content (AvgIpc) is 2.67. The molecule has 5 heteroatoms. The molecular formula is C23H44N2O3. The van der Waals surface area contributed by atoms with E-state index in [0.29, 0.717) is 13.0 Å². The summed E-state index contributed by atoms with van der Waals surface area (Å²) in [5, 5.41) is 11.9. The molecule has 0 rings (SSSR count). The Hall–Kier alpha value is -1.33. The van der Waals surface area contributed by atoms with Crippen LogP contribution in [0.2, 0.25) is 0 Å². The van der Waals surface area contributed by atoms with Crippen LogP contribution in [0.3, 0.4) is 0 Å². The molecule has 0 aliphatic carbocycles. The van der Waals surface area contributed by atoms with Crippen LogP contribution in [0.25, 0.3) is 0 Å². The van der Waals surface area contributed by atoms with Crippen molar-refractivity contribution in [3.63, 3.8) is 0 Å². The summed E-state index contributed by atoms with van der Waals surface area (Å²) in [5.41, 5.74) is 7.02. The van der Waals surface area contributed by atoms with Crippen LogP contribution in [0.5, 0.6) is 0 Å². The fraction of sp³-hybridized carbons (Fsp3) is 0.783. The Morgan fingerprint density at radius 2 is 1.79 bits per heavy atom. The number of carbonyl (C=O) groups is 1. The molecule has 0 amide bonds. The molecule has 0 aliphatic heterocycles. The third-order valence-electron chi connectivity index (χ3n) is 4.81. The van der Waals surface area contributed by atoms with Gasteiger partial charge in [0.2, 0.25) is 0 Å². The van der Waals surface area contributed by atoms with Gasteiger partial charge in [0.05, 0.1) is 0 Å². The van der Waals surface area contributed by atoms with Gasteiger partial charge in [0.15, 0.2) is 0 Å². The van der Waals surface area contributed by atoms with Gasteiger partial charge in [-0.3, -0.25) is 10.1 Å². The standard InChI is InChI=1S/C23H44N2O3/c1-3-4-12-16-21(24)17-13-10-8-6-5-7-9-11-14-18-22(28-2)25-20-15-19-23(26)27/h8,10,17,22,25H,3-7,9,11-16,18-20,24H2,1-2H3,(H,26,27)/b10-8-,21-17+. The van der Waals surface area contributed by atoms with Gasteiger partial charge in [-0.05, 0) is 57.9 Å². The minimum absolute atomic E-state index is 0.0409. The summed E-state index contributed by atoms with van der Waals surface area (Å²) in [6, 6.07) is 0. The minimum atomic E-state index is -0.742. The third kappa shape index (κ3) is 19.4. The van der Waals surface area contributed by atoms with Gasteiger partial charge in [0, 0.05) is 19.2 Å². The van der Waals surface area contributed by atoms with Crippen molar-refractivity contribution in [1.82, 2.24) is 5.32 Å². The van der Waals surface area contributed by atoms with Gasteiger partial charge >= 0.3 is 5.97 Å². The van der Waals surface area contributed by atoms with Crippen molar-refractivity contribution < 1.29 is 14.6 Å². The Labute approximate surface area is 172 Å². The number of methoxy groups -OCH3 is 1. The van der Waals surface area contributed by atoms with Crippen molar-refractivity contribution in [2.45, 2.75) is 103 Å². The highest BCUT2D eigenvalue weighted by molar-refractivity contribution is 5.66. The molecule has 4 N–H and O–H groups in total. The number of carboxylic acid groups (broad SMARTS) is 1. The molecule has 0 radical (unpaired) electrons. The van der Waals surface area contributed by atoms with Gasteiger partial charge in [-0.15, -0.1) is 0 Å². The van der Waals surface area contributed by atoms with Gasteiger partial charge < -0.3 is 15.6 Å². The monoisotopic (exact) mass is 396 g/mol. The van der Waals surface area contributed by atoms with Crippen molar-refractivity contribution in [3.05, 3.63) is 23.9 Å². The van der Waals surface area contributed by atoms with Crippen LogP contribution in [0.15, 0.2) is 23.9 Å². The largest absolute Gasteiger partial charge is 0.481 e. The van der Waals surface area contributed by atoms with Crippen LogP contribution in [-0.4, -0.2) is 31.0 Å². The van der Waals surface area contributed by atoms with Crippen molar-refractivity contribution in [2.24, 2.45) is 5.73 Å². The van der Waals surface area contributed by atoms with Crippen molar-refractivity contribution in [3.8, 4) is 0 Å². The topological polar surface area (TPSA) is 84.6 Å². The quantitative estimate of drug-likeness (QED) is 0.143. The van der Waals surface area contributed by atoms with E-state index in [0.717, 1.165) is 37.8 Å². The van der Waals surface area contributed by atoms with Crippen LogP contribution in [0, 0.1) is 0 Å². The SMILES string of the molecule is CCCCC/C(N)=C\C/C=C\CCCCCCCC(NCCCC(=O)O)OC. The van der Waals surface area contributed by atoms with Gasteiger partial charge in [-0.25, -0.2) is 0 Å². The zero-order valence-corrected chi connectivity index (χ0v) is 18.3. The Balaban J connectivity index is 3.50. The van der Waals surface area contributed by atoms with E-state index in [9.17, 15) is 4.79 Å². The summed E-state index contributed by atoms with van der Waals surface area (Å²) in [6.07, 6.45) is 21.5. The van der Waals surface area contributed by atoms with Crippen molar-refractivity contribution >= 4 is 5.97 Å². The van der Waals surface area contributed by atoms with Crippen molar-refractivity contribution in [2.75, 3.05) is 13.7 Å². The van der Waals surface area contributed by atoms with Crippen LogP contribution in [-0.2, 0) is 9.53 Å². The second kappa shape index (κ2) is 20.4. The predicted octanol–water partition coefficient (Wildman–Crippen LogP) is 5.51. The molecule has 0 aromatic heterocycles. The van der Waals surface area contributed by atoms with Gasteiger partial charge in [-0.1, -0.05) is 57.3 Å². The molecule has 164 valence electrons. The predicted molar refractivity (Wildman–Crippen MR) is 118 cm³/mol. The molecule has 0 saturated carbocycles. The maximum Gasteiger partial charge on any atom is 0.303 e. The van der Waals surface area contributed by atoms with Crippen LogP contribution in [0.4, 0.5) is 0 Å². The fourth-order valence-electron chi connectivity index (χ4n) is 3.04. The maximum atomic E-state index is 10.5. The van der Waals surface area contributed by atoms with Crippen LogP contribution >= 0.6 is 0 Å². The second-order valence-corrected chi connectivity index (χ2v) is 7.46. The van der Waals surface area contributed by atoms with Crippen molar-refractivity contribution in [1.29, 1.82) is 0 Å². The fourth-order valence-corrected chi connectivity index (χ4v) is 3.04. The number of nitrogens with one attached hydrogen (secondary N) is 1. The summed E-state index contributed by atoms with van der Waals surface area (Å²) >= 11 is 0. The molecule has 28 heavy (non-hydrogen) atoms. The molecule has 0 aromatic carbocycles. The van der Waals surface area contributed by atoms with E-state index in [1.807, 2.05) is 0 Å². The summed E-state index contributed by atoms with van der Waals surface area (Å²) < 4.78 is 5.40. The van der Waals surface area contributed by atoms with E-state index in [1.165, 1.54) is 44.9 Å². The number of aliphatic carboxylic acids is 1. The van der Waals surface area contributed by atoms with Crippen LogP contribution < -0.4 is 11.1 Å². The average molecular weight is 397 g/mol. The van der Waals surface area contributed by atoms with Gasteiger partial charge in [0.1, 0.15) is 6.23 Å². The first kappa shape index (κ1) is 26.7. The lowest BCUT2D eigenvalue weighted by atomic mass is 10.1. The number of rotatable bonds is 20. The van der Waals surface area contributed by atoms with E-state index >= 15 is 0 Å². The molecule has 0 spiro atoms. The molecule has 5 nitrogen and oxygen atoms in total. The Morgan fingerprint density at radius 3 is 2.50 bits per heavy atom. The number of carboxylic acids is 1. The Kier molecular flexibility index (Phi) is 19.4. The zero-order valence-electron chi connectivity index (χ0n) is 18.3. The normalized spacial score (nSPS) is 13.3. The number of nitrogens with two attached hydrogens (primary N) is 1. The molecule has 0 fully saturated rings. The number of unbranched alkanes of at least 4 members (excludes halogenated alkanes) is 7. The molecule has 0 aliphatic rings. The maximum absolute atomic E-state index is 10.5. The van der Waals surface area contributed by atoms with Gasteiger partial charge in [0.25, 0.3) is 0 Å². The zero-order chi connectivity index (χ0) is 20.9. The summed E-state index contributed by atoms with van der Waals surface area (Å²) in [5.74, 6) is -0.742. The summed E-state index contributed by atoms with van der Waals surface area (Å²) in [4.78, 5) is 10.5. The van der Waals surface area contributed by atoms with E-state index in [1.54, 1.807) is 7.11 Å². The molecule has 1 atom stereocenters. The van der Waals surface area contributed by atoms with E-state index in [4.69, 9.17) is 15.6 Å². The second-order valence-electron chi connectivity index (χ2n) is 7.46. The molecule has 0 saturated heterocycles. The number of ether oxygens (including phenoxy) is 1. The highest BCUT2D eigenvalue weighted by atomic mass is 16.5.